The van der Waals surface area contributed by atoms with E-state index in [1.54, 1.807) is 49.4 Å². The van der Waals surface area contributed by atoms with Gasteiger partial charge in [0, 0.05) is 11.3 Å². The molecule has 0 atom stereocenters. The van der Waals surface area contributed by atoms with Gasteiger partial charge in [0.25, 0.3) is 0 Å². The molecule has 1 heterocycles. The molecule has 0 aliphatic rings. The van der Waals surface area contributed by atoms with Crippen molar-refractivity contribution >= 4 is 29.2 Å². The van der Waals surface area contributed by atoms with Crippen molar-refractivity contribution in [2.24, 2.45) is 5.10 Å². The minimum absolute atomic E-state index is 0.0510. The average molecular weight is 465 g/mol. The Hall–Kier alpha value is -4.60. The van der Waals surface area contributed by atoms with E-state index in [1.807, 2.05) is 6.92 Å². The first-order valence-electron chi connectivity index (χ1n) is 10.2. The topological polar surface area (TPSA) is 128 Å². The fourth-order valence-corrected chi connectivity index (χ4v) is 2.76. The number of benzene rings is 2. The first kappa shape index (κ1) is 24.1. The van der Waals surface area contributed by atoms with Gasteiger partial charge < -0.3 is 23.9 Å². The highest BCUT2D eigenvalue weighted by Crippen LogP contribution is 2.29. The van der Waals surface area contributed by atoms with Gasteiger partial charge in [0.2, 0.25) is 5.76 Å². The van der Waals surface area contributed by atoms with Gasteiger partial charge in [-0.1, -0.05) is 0 Å². The number of nitrogens with zero attached hydrogens (tertiary/aromatic N) is 1. The van der Waals surface area contributed by atoms with Crippen molar-refractivity contribution in [3.63, 3.8) is 0 Å². The lowest BCUT2D eigenvalue weighted by atomic mass is 10.1. The van der Waals surface area contributed by atoms with Gasteiger partial charge in [-0.05, 0) is 68.4 Å². The summed E-state index contributed by atoms with van der Waals surface area (Å²) >= 11 is 0. The summed E-state index contributed by atoms with van der Waals surface area (Å²) in [6.07, 6.45) is 1.36. The van der Waals surface area contributed by atoms with Crippen LogP contribution < -0.4 is 25.0 Å². The summed E-state index contributed by atoms with van der Waals surface area (Å²) < 4.78 is 20.9. The van der Waals surface area contributed by atoms with Crippen LogP contribution in [0.2, 0.25) is 0 Å². The Morgan fingerprint density at radius 2 is 1.76 bits per heavy atom. The molecule has 2 aromatic carbocycles. The molecular weight excluding hydrogens is 442 g/mol. The van der Waals surface area contributed by atoms with Crippen LogP contribution in [0.3, 0.4) is 0 Å². The highest BCUT2D eigenvalue weighted by molar-refractivity contribution is 6.39. The lowest BCUT2D eigenvalue weighted by Crippen LogP contribution is -2.32. The number of esters is 1. The fraction of sp³-hybridized carbons (Fsp3) is 0.167. The predicted octanol–water partition coefficient (Wildman–Crippen LogP) is 3.39. The number of amides is 2. The average Bonchev–Trinajstić information content (AvgIpc) is 3.39. The minimum Gasteiger partial charge on any atom is -0.494 e. The van der Waals surface area contributed by atoms with Crippen LogP contribution >= 0.6 is 0 Å². The Morgan fingerprint density at radius 3 is 2.41 bits per heavy atom. The van der Waals surface area contributed by atoms with Crippen LogP contribution in [0.1, 0.15) is 30.0 Å². The molecule has 34 heavy (non-hydrogen) atoms. The number of carbonyl (C=O) groups is 3. The van der Waals surface area contributed by atoms with Gasteiger partial charge in [-0.2, -0.15) is 5.10 Å². The van der Waals surface area contributed by atoms with Gasteiger partial charge in [0.05, 0.1) is 25.7 Å². The maximum Gasteiger partial charge on any atom is 0.379 e. The van der Waals surface area contributed by atoms with E-state index in [-0.39, 0.29) is 17.3 Å². The summed E-state index contributed by atoms with van der Waals surface area (Å²) in [6.45, 7) is 4.02. The first-order valence-corrected chi connectivity index (χ1v) is 10.2. The zero-order valence-corrected chi connectivity index (χ0v) is 18.8. The number of nitrogens with one attached hydrogen (secondary N) is 2. The van der Waals surface area contributed by atoms with E-state index in [9.17, 15) is 14.4 Å². The Kier molecular flexibility index (Phi) is 8.01. The monoisotopic (exact) mass is 465 g/mol. The van der Waals surface area contributed by atoms with E-state index in [1.165, 1.54) is 25.5 Å². The Bertz CT molecular complexity index is 1190. The zero-order valence-electron chi connectivity index (χ0n) is 18.8. The van der Waals surface area contributed by atoms with Crippen LogP contribution in [-0.2, 0) is 9.59 Å². The highest BCUT2D eigenvalue weighted by atomic mass is 16.6. The summed E-state index contributed by atoms with van der Waals surface area (Å²) in [6, 6.07) is 14.4. The molecule has 3 rings (SSSR count). The molecular formula is C24H23N3O7. The Morgan fingerprint density at radius 1 is 1.00 bits per heavy atom. The second-order valence-electron chi connectivity index (χ2n) is 6.78. The number of ether oxygens (including phenoxy) is 3. The van der Waals surface area contributed by atoms with Crippen LogP contribution in [0.4, 0.5) is 5.69 Å². The second kappa shape index (κ2) is 11.3. The van der Waals surface area contributed by atoms with Crippen molar-refractivity contribution in [2.45, 2.75) is 13.8 Å². The van der Waals surface area contributed by atoms with Crippen LogP contribution in [-0.4, -0.2) is 37.2 Å². The molecule has 0 fully saturated rings. The van der Waals surface area contributed by atoms with Crippen LogP contribution in [0.5, 0.6) is 17.2 Å². The number of furan rings is 1. The maximum absolute atomic E-state index is 12.1. The molecule has 0 radical (unpaired) electrons. The smallest absolute Gasteiger partial charge is 0.379 e. The maximum atomic E-state index is 12.1. The number of rotatable bonds is 8. The molecule has 2 N–H and O–H groups in total. The Labute approximate surface area is 195 Å². The molecule has 0 unspecified atom stereocenters. The highest BCUT2D eigenvalue weighted by Gasteiger charge is 2.16. The van der Waals surface area contributed by atoms with Crippen molar-refractivity contribution in [3.05, 3.63) is 72.2 Å². The quantitative estimate of drug-likeness (QED) is 0.172. The number of hydrogen-bond acceptors (Lipinski definition) is 8. The third-order valence-electron chi connectivity index (χ3n) is 4.46. The first-order chi connectivity index (χ1) is 16.4. The van der Waals surface area contributed by atoms with Crippen molar-refractivity contribution in [1.29, 1.82) is 0 Å². The lowest BCUT2D eigenvalue weighted by Gasteiger charge is -2.10. The number of hydrazone groups is 1. The van der Waals surface area contributed by atoms with Crippen molar-refractivity contribution in [1.82, 2.24) is 5.43 Å². The van der Waals surface area contributed by atoms with E-state index in [0.29, 0.717) is 29.3 Å². The molecule has 10 nitrogen and oxygen atoms in total. The van der Waals surface area contributed by atoms with Gasteiger partial charge in [-0.3, -0.25) is 9.59 Å². The van der Waals surface area contributed by atoms with Gasteiger partial charge in [0.1, 0.15) is 5.75 Å². The van der Waals surface area contributed by atoms with Crippen molar-refractivity contribution in [3.8, 4) is 17.2 Å². The molecule has 0 bridgehead atoms. The van der Waals surface area contributed by atoms with E-state index in [2.05, 4.69) is 15.8 Å². The number of carbonyl (C=O) groups excluding carboxylic acids is 3. The Balaban J connectivity index is 1.61. The fourth-order valence-electron chi connectivity index (χ4n) is 2.76. The van der Waals surface area contributed by atoms with Gasteiger partial charge >= 0.3 is 17.8 Å². The third-order valence-corrected chi connectivity index (χ3v) is 4.46. The molecule has 10 heteroatoms. The summed E-state index contributed by atoms with van der Waals surface area (Å²) in [5.74, 6) is -1.34. The van der Waals surface area contributed by atoms with Crippen LogP contribution in [0.15, 0.2) is 70.4 Å². The lowest BCUT2D eigenvalue weighted by molar-refractivity contribution is -0.136. The largest absolute Gasteiger partial charge is 0.494 e. The standard InChI is InChI=1S/C24H23N3O7/c1-4-32-18-10-8-17(9-11-18)25-22(28)23(29)27-26-15(2)16-7-12-19(21(14-16)31-3)34-24(30)20-6-5-13-33-20/h5-14H,4H2,1-3H3,(H,25,28)(H,27,29)/b26-15+. The van der Waals surface area contributed by atoms with Gasteiger partial charge in [-0.15, -0.1) is 0 Å². The van der Waals surface area contributed by atoms with E-state index >= 15 is 0 Å². The van der Waals surface area contributed by atoms with Crippen LogP contribution in [0, 0.1) is 0 Å². The number of methoxy groups -OCH3 is 1. The summed E-state index contributed by atoms with van der Waals surface area (Å²) in [4.78, 5) is 36.3. The molecule has 0 spiro atoms. The van der Waals surface area contributed by atoms with Crippen molar-refractivity contribution in [2.75, 3.05) is 19.0 Å². The minimum atomic E-state index is -0.941. The summed E-state index contributed by atoms with van der Waals surface area (Å²) in [5, 5.41) is 6.44. The summed E-state index contributed by atoms with van der Waals surface area (Å²) in [5.41, 5.74) is 3.61. The normalized spacial score (nSPS) is 10.9. The molecule has 1 aromatic heterocycles. The third kappa shape index (κ3) is 6.22. The molecule has 2 amide bonds. The molecule has 3 aromatic rings. The second-order valence-corrected chi connectivity index (χ2v) is 6.78. The molecule has 0 aliphatic heterocycles. The predicted molar refractivity (Wildman–Crippen MR) is 123 cm³/mol. The molecule has 0 saturated carbocycles. The van der Waals surface area contributed by atoms with E-state index in [0.717, 1.165) is 0 Å². The van der Waals surface area contributed by atoms with E-state index in [4.69, 9.17) is 18.6 Å². The summed E-state index contributed by atoms with van der Waals surface area (Å²) in [7, 11) is 1.42. The van der Waals surface area contributed by atoms with Gasteiger partial charge in [-0.25, -0.2) is 10.2 Å². The van der Waals surface area contributed by atoms with Crippen molar-refractivity contribution < 1.29 is 33.0 Å². The SMILES string of the molecule is CCOc1ccc(NC(=O)C(=O)N/N=C(\C)c2ccc(OC(=O)c3ccco3)c(OC)c2)cc1. The molecule has 0 aliphatic carbocycles. The molecule has 176 valence electrons. The zero-order chi connectivity index (χ0) is 24.5. The molecule has 0 saturated heterocycles. The number of anilines is 1. The van der Waals surface area contributed by atoms with Gasteiger partial charge in [0.15, 0.2) is 11.5 Å². The van der Waals surface area contributed by atoms with Crippen LogP contribution in [0.25, 0.3) is 0 Å². The van der Waals surface area contributed by atoms with E-state index < -0.39 is 17.8 Å². The number of hydrogen-bond donors (Lipinski definition) is 2.